The van der Waals surface area contributed by atoms with Crippen LogP contribution in [0.25, 0.3) is 0 Å². The van der Waals surface area contributed by atoms with Gasteiger partial charge in [0.25, 0.3) is 0 Å². The van der Waals surface area contributed by atoms with Crippen molar-refractivity contribution in [2.24, 2.45) is 5.92 Å². The molecule has 0 saturated heterocycles. The molecule has 0 spiro atoms. The van der Waals surface area contributed by atoms with E-state index in [1.54, 1.807) is 0 Å². The average Bonchev–Trinajstić information content (AvgIpc) is 2.59. The number of benzene rings is 1. The van der Waals surface area contributed by atoms with Gasteiger partial charge >= 0.3 is 0 Å². The Morgan fingerprint density at radius 2 is 2.11 bits per heavy atom. The third-order valence-corrected chi connectivity index (χ3v) is 4.13. The van der Waals surface area contributed by atoms with Crippen LogP contribution < -0.4 is 11.1 Å². The van der Waals surface area contributed by atoms with Crippen molar-refractivity contribution in [1.82, 2.24) is 0 Å². The van der Waals surface area contributed by atoms with E-state index >= 15 is 0 Å². The quantitative estimate of drug-likeness (QED) is 0.641. The summed E-state index contributed by atoms with van der Waals surface area (Å²) in [5.41, 5.74) is 8.61. The second-order valence-electron chi connectivity index (χ2n) is 5.61. The van der Waals surface area contributed by atoms with Gasteiger partial charge in [0.2, 0.25) is 0 Å². The molecule has 0 bridgehead atoms. The number of nitrogen functional groups attached to an aromatic ring is 1. The number of anilines is 2. The fourth-order valence-electron chi connectivity index (χ4n) is 2.86. The lowest BCUT2D eigenvalue weighted by atomic mass is 9.96. The van der Waals surface area contributed by atoms with Crippen LogP contribution in [0.2, 0.25) is 0 Å². The molecule has 2 unspecified atom stereocenters. The zero-order valence-electron chi connectivity index (χ0n) is 11.7. The molecule has 3 N–H and O–H groups in total. The largest absolute Gasteiger partial charge is 0.398 e. The Morgan fingerprint density at radius 3 is 2.89 bits per heavy atom. The van der Waals surface area contributed by atoms with Crippen LogP contribution in [0, 0.1) is 17.2 Å². The normalized spacial score (nSPS) is 23.4. The molecule has 0 radical (unpaired) electrons. The minimum absolute atomic E-state index is 0.377. The van der Waals surface area contributed by atoms with E-state index in [1.165, 1.54) is 32.1 Å². The van der Waals surface area contributed by atoms with Crippen molar-refractivity contribution < 1.29 is 0 Å². The fourth-order valence-corrected chi connectivity index (χ4v) is 2.86. The van der Waals surface area contributed by atoms with E-state index < -0.39 is 0 Å². The molecule has 3 nitrogen and oxygen atoms in total. The summed E-state index contributed by atoms with van der Waals surface area (Å²) in [6, 6.07) is 8.65. The standard InChI is InChI=1S/C16H23N3/c1-12-5-3-2-4-6-16(12)19-14-7-8-15(18)13(11-14)9-10-17/h7-8,11-12,16,19H,2-6,9,18H2,1H3. The van der Waals surface area contributed by atoms with Crippen LogP contribution in [-0.4, -0.2) is 6.04 Å². The van der Waals surface area contributed by atoms with Crippen molar-refractivity contribution in [1.29, 1.82) is 5.26 Å². The minimum Gasteiger partial charge on any atom is -0.398 e. The van der Waals surface area contributed by atoms with Crippen LogP contribution in [0.4, 0.5) is 11.4 Å². The van der Waals surface area contributed by atoms with E-state index in [0.717, 1.165) is 11.3 Å². The lowest BCUT2D eigenvalue weighted by Gasteiger charge is -2.24. The van der Waals surface area contributed by atoms with E-state index in [0.29, 0.717) is 24.1 Å². The zero-order valence-corrected chi connectivity index (χ0v) is 11.7. The van der Waals surface area contributed by atoms with Crippen LogP contribution in [0.15, 0.2) is 18.2 Å². The molecule has 3 heteroatoms. The van der Waals surface area contributed by atoms with Crippen LogP contribution >= 0.6 is 0 Å². The Kier molecular flexibility index (Phi) is 4.68. The second-order valence-corrected chi connectivity index (χ2v) is 5.61. The van der Waals surface area contributed by atoms with Gasteiger partial charge in [0.15, 0.2) is 0 Å². The van der Waals surface area contributed by atoms with Crippen molar-refractivity contribution in [2.75, 3.05) is 11.1 Å². The minimum atomic E-state index is 0.377. The molecule has 0 aliphatic heterocycles. The first kappa shape index (κ1) is 13.7. The highest BCUT2D eigenvalue weighted by atomic mass is 14.9. The van der Waals surface area contributed by atoms with Crippen molar-refractivity contribution >= 4 is 11.4 Å². The molecule has 2 rings (SSSR count). The third kappa shape index (κ3) is 3.64. The van der Waals surface area contributed by atoms with Gasteiger partial charge in [0, 0.05) is 17.4 Å². The SMILES string of the molecule is CC1CCCCCC1Nc1ccc(N)c(CC#N)c1. The summed E-state index contributed by atoms with van der Waals surface area (Å²) in [5, 5.41) is 12.4. The molecular formula is C16H23N3. The summed E-state index contributed by atoms with van der Waals surface area (Å²) in [6.45, 7) is 2.33. The smallest absolute Gasteiger partial charge is 0.0670 e. The van der Waals surface area contributed by atoms with Gasteiger partial charge in [-0.05, 0) is 42.5 Å². The fraction of sp³-hybridized carbons (Fsp3) is 0.562. The van der Waals surface area contributed by atoms with E-state index in [1.807, 2.05) is 18.2 Å². The molecule has 1 aromatic rings. The first-order valence-electron chi connectivity index (χ1n) is 7.22. The number of nitrogens with two attached hydrogens (primary N) is 1. The van der Waals surface area contributed by atoms with Gasteiger partial charge in [-0.1, -0.05) is 26.2 Å². The van der Waals surface area contributed by atoms with Gasteiger partial charge in [-0.15, -0.1) is 0 Å². The Bertz CT molecular complexity index is 462. The summed E-state index contributed by atoms with van der Waals surface area (Å²) < 4.78 is 0. The number of nitriles is 1. The molecule has 0 amide bonds. The summed E-state index contributed by atoms with van der Waals surface area (Å²) >= 11 is 0. The van der Waals surface area contributed by atoms with Gasteiger partial charge in [-0.2, -0.15) is 5.26 Å². The van der Waals surface area contributed by atoms with E-state index in [9.17, 15) is 0 Å². The molecule has 19 heavy (non-hydrogen) atoms. The molecule has 1 aromatic carbocycles. The van der Waals surface area contributed by atoms with Gasteiger partial charge < -0.3 is 11.1 Å². The molecule has 0 heterocycles. The van der Waals surface area contributed by atoms with Gasteiger partial charge in [-0.3, -0.25) is 0 Å². The lowest BCUT2D eigenvalue weighted by Crippen LogP contribution is -2.26. The van der Waals surface area contributed by atoms with E-state index in [2.05, 4.69) is 18.3 Å². The van der Waals surface area contributed by atoms with E-state index in [4.69, 9.17) is 11.0 Å². The topological polar surface area (TPSA) is 61.8 Å². The summed E-state index contributed by atoms with van der Waals surface area (Å²) in [4.78, 5) is 0. The van der Waals surface area contributed by atoms with Gasteiger partial charge in [0.05, 0.1) is 12.5 Å². The lowest BCUT2D eigenvalue weighted by molar-refractivity contribution is 0.456. The first-order valence-corrected chi connectivity index (χ1v) is 7.22. The molecule has 102 valence electrons. The maximum absolute atomic E-state index is 8.81. The zero-order chi connectivity index (χ0) is 13.7. The molecule has 2 atom stereocenters. The Hall–Kier alpha value is -1.69. The summed E-state index contributed by atoms with van der Waals surface area (Å²) in [5.74, 6) is 0.708. The van der Waals surface area contributed by atoms with Gasteiger partial charge in [0.1, 0.15) is 0 Å². The Balaban J connectivity index is 2.09. The molecule has 1 fully saturated rings. The number of nitrogens with one attached hydrogen (secondary N) is 1. The van der Waals surface area contributed by atoms with Crippen LogP contribution in [-0.2, 0) is 6.42 Å². The molecule has 1 aliphatic rings. The summed E-state index contributed by atoms with van der Waals surface area (Å²) in [7, 11) is 0. The average molecular weight is 257 g/mol. The number of hydrogen-bond acceptors (Lipinski definition) is 3. The predicted octanol–water partition coefficient (Wildman–Crippen LogP) is 3.72. The van der Waals surface area contributed by atoms with Gasteiger partial charge in [-0.25, -0.2) is 0 Å². The maximum atomic E-state index is 8.81. The second kappa shape index (κ2) is 6.47. The highest BCUT2D eigenvalue weighted by molar-refractivity contribution is 5.58. The maximum Gasteiger partial charge on any atom is 0.0670 e. The van der Waals surface area contributed by atoms with Crippen LogP contribution in [0.5, 0.6) is 0 Å². The van der Waals surface area contributed by atoms with Crippen LogP contribution in [0.3, 0.4) is 0 Å². The number of hydrogen-bond donors (Lipinski definition) is 2. The molecular weight excluding hydrogens is 234 g/mol. The van der Waals surface area contributed by atoms with E-state index in [-0.39, 0.29) is 0 Å². The molecule has 0 aromatic heterocycles. The van der Waals surface area contributed by atoms with Crippen LogP contribution in [0.1, 0.15) is 44.6 Å². The Labute approximate surface area is 115 Å². The third-order valence-electron chi connectivity index (χ3n) is 4.13. The molecule has 1 saturated carbocycles. The monoisotopic (exact) mass is 257 g/mol. The Morgan fingerprint density at radius 1 is 1.32 bits per heavy atom. The number of nitrogens with zero attached hydrogens (tertiary/aromatic N) is 1. The van der Waals surface area contributed by atoms with Crippen molar-refractivity contribution in [3.8, 4) is 6.07 Å². The first-order chi connectivity index (χ1) is 9.20. The van der Waals surface area contributed by atoms with Crippen molar-refractivity contribution in [2.45, 2.75) is 51.5 Å². The summed E-state index contributed by atoms with van der Waals surface area (Å²) in [6.07, 6.45) is 6.92. The van der Waals surface area contributed by atoms with Crippen molar-refractivity contribution in [3.05, 3.63) is 23.8 Å². The highest BCUT2D eigenvalue weighted by Crippen LogP contribution is 2.27. The predicted molar refractivity (Wildman–Crippen MR) is 79.8 cm³/mol. The number of rotatable bonds is 3. The highest BCUT2D eigenvalue weighted by Gasteiger charge is 2.19. The molecule has 1 aliphatic carbocycles. The van der Waals surface area contributed by atoms with Crippen molar-refractivity contribution in [3.63, 3.8) is 0 Å².